The largest absolute Gasteiger partial charge is 0.493 e. The van der Waals surface area contributed by atoms with E-state index in [4.69, 9.17) is 9.47 Å². The Balaban J connectivity index is 1.96. The number of fused-ring (bicyclic) bond motifs is 2. The Hall–Kier alpha value is -3.29. The number of ether oxygens (including phenoxy) is 2. The van der Waals surface area contributed by atoms with Gasteiger partial charge in [0, 0.05) is 12.1 Å². The minimum Gasteiger partial charge on any atom is -0.493 e. The lowest BCUT2D eigenvalue weighted by Gasteiger charge is -2.23. The summed E-state index contributed by atoms with van der Waals surface area (Å²) in [6, 6.07) is 7.33. The van der Waals surface area contributed by atoms with Gasteiger partial charge in [0.15, 0.2) is 11.5 Å². The van der Waals surface area contributed by atoms with Gasteiger partial charge in [-0.2, -0.15) is 0 Å². The van der Waals surface area contributed by atoms with Gasteiger partial charge < -0.3 is 19.9 Å². The second-order valence-corrected chi connectivity index (χ2v) is 5.52. The standard InChI is InChI=1S/C17H16N2O6/c1-2-3-6-24-11-4-5-13-14(9-11)25-15-8-10(19(22)23)7-12(17(20)21)16(15)18-13/h4-5,7-9,18H,2-3,6H2,1H3,(H,20,21). The molecule has 3 rings (SSSR count). The number of nitrogens with zero attached hydrogens (tertiary/aromatic N) is 1. The quantitative estimate of drug-likeness (QED) is 0.389. The van der Waals surface area contributed by atoms with Crippen molar-refractivity contribution < 1.29 is 24.3 Å². The Bertz CT molecular complexity index is 849. The van der Waals surface area contributed by atoms with Crippen molar-refractivity contribution in [2.24, 2.45) is 0 Å². The minimum atomic E-state index is -1.28. The highest BCUT2D eigenvalue weighted by molar-refractivity contribution is 5.99. The number of aromatic carboxylic acids is 1. The van der Waals surface area contributed by atoms with Crippen molar-refractivity contribution in [1.29, 1.82) is 0 Å². The molecule has 1 aliphatic rings. The van der Waals surface area contributed by atoms with Crippen LogP contribution in [0.4, 0.5) is 17.1 Å². The van der Waals surface area contributed by atoms with Crippen LogP contribution in [0.2, 0.25) is 0 Å². The smallest absolute Gasteiger partial charge is 0.338 e. The molecular weight excluding hydrogens is 328 g/mol. The van der Waals surface area contributed by atoms with E-state index in [1.54, 1.807) is 18.2 Å². The number of carbonyl (C=O) groups is 1. The van der Waals surface area contributed by atoms with Crippen LogP contribution in [0.25, 0.3) is 0 Å². The fraction of sp³-hybridized carbons (Fsp3) is 0.235. The van der Waals surface area contributed by atoms with Crippen molar-refractivity contribution >= 4 is 23.0 Å². The number of carboxylic acids is 1. The number of unbranched alkanes of at least 4 members (excludes halogenated alkanes) is 1. The van der Waals surface area contributed by atoms with Crippen LogP contribution in [0.3, 0.4) is 0 Å². The normalized spacial score (nSPS) is 11.6. The summed E-state index contributed by atoms with van der Waals surface area (Å²) in [5, 5.41) is 23.3. The first kappa shape index (κ1) is 16.6. The molecule has 2 aromatic carbocycles. The molecule has 130 valence electrons. The average Bonchev–Trinajstić information content (AvgIpc) is 2.58. The number of hydrogen-bond acceptors (Lipinski definition) is 6. The van der Waals surface area contributed by atoms with Gasteiger partial charge in [-0.05, 0) is 18.6 Å². The van der Waals surface area contributed by atoms with Crippen molar-refractivity contribution in [3.8, 4) is 17.2 Å². The first-order chi connectivity index (χ1) is 12.0. The summed E-state index contributed by atoms with van der Waals surface area (Å²) in [6.45, 7) is 2.64. The van der Waals surface area contributed by atoms with E-state index in [9.17, 15) is 20.0 Å². The summed E-state index contributed by atoms with van der Waals surface area (Å²) in [5.74, 6) is -0.163. The molecule has 25 heavy (non-hydrogen) atoms. The maximum Gasteiger partial charge on any atom is 0.338 e. The van der Waals surface area contributed by atoms with Gasteiger partial charge in [0.1, 0.15) is 5.75 Å². The van der Waals surface area contributed by atoms with E-state index in [0.29, 0.717) is 23.8 Å². The molecule has 0 radical (unpaired) electrons. The van der Waals surface area contributed by atoms with E-state index in [-0.39, 0.29) is 22.7 Å². The van der Waals surface area contributed by atoms with Crippen molar-refractivity contribution in [3.05, 3.63) is 46.0 Å². The Morgan fingerprint density at radius 1 is 1.32 bits per heavy atom. The second-order valence-electron chi connectivity index (χ2n) is 5.52. The number of nitro groups is 1. The van der Waals surface area contributed by atoms with E-state index in [1.165, 1.54) is 6.07 Å². The van der Waals surface area contributed by atoms with E-state index in [1.807, 2.05) is 0 Å². The highest BCUT2D eigenvalue weighted by Gasteiger charge is 2.26. The molecule has 0 spiro atoms. The predicted octanol–water partition coefficient (Wildman–Crippen LogP) is 4.32. The van der Waals surface area contributed by atoms with Crippen LogP contribution in [0.15, 0.2) is 30.3 Å². The number of rotatable bonds is 6. The summed E-state index contributed by atoms with van der Waals surface area (Å²) in [5.41, 5.74) is 0.173. The molecule has 0 aromatic heterocycles. The number of benzene rings is 2. The molecule has 0 amide bonds. The minimum absolute atomic E-state index is 0.0878. The van der Waals surface area contributed by atoms with Crippen molar-refractivity contribution in [1.82, 2.24) is 0 Å². The first-order valence-electron chi connectivity index (χ1n) is 7.77. The molecule has 1 aliphatic heterocycles. The molecule has 1 heterocycles. The van der Waals surface area contributed by atoms with E-state index >= 15 is 0 Å². The third kappa shape index (κ3) is 3.32. The van der Waals surface area contributed by atoms with E-state index in [2.05, 4.69) is 12.2 Å². The van der Waals surface area contributed by atoms with Gasteiger partial charge in [-0.15, -0.1) is 0 Å². The van der Waals surface area contributed by atoms with Gasteiger partial charge >= 0.3 is 5.97 Å². The Kier molecular flexibility index (Phi) is 4.42. The van der Waals surface area contributed by atoms with Crippen LogP contribution in [0.5, 0.6) is 17.2 Å². The predicted molar refractivity (Wildman–Crippen MR) is 90.3 cm³/mol. The van der Waals surface area contributed by atoms with Crippen LogP contribution in [-0.2, 0) is 0 Å². The molecule has 2 N–H and O–H groups in total. The summed E-state index contributed by atoms with van der Waals surface area (Å²) in [6.07, 6.45) is 1.94. The van der Waals surface area contributed by atoms with Crippen LogP contribution in [-0.4, -0.2) is 22.6 Å². The highest BCUT2D eigenvalue weighted by Crippen LogP contribution is 2.46. The lowest BCUT2D eigenvalue weighted by atomic mass is 10.1. The molecule has 2 aromatic rings. The van der Waals surface area contributed by atoms with Crippen molar-refractivity contribution in [2.75, 3.05) is 11.9 Å². The summed E-state index contributed by atoms with van der Waals surface area (Å²) >= 11 is 0. The Morgan fingerprint density at radius 2 is 2.12 bits per heavy atom. The van der Waals surface area contributed by atoms with Gasteiger partial charge in [-0.1, -0.05) is 13.3 Å². The number of hydrogen-bond donors (Lipinski definition) is 2. The molecule has 0 bridgehead atoms. The number of carboxylic acid groups (broad SMARTS) is 1. The maximum absolute atomic E-state index is 11.4. The summed E-state index contributed by atoms with van der Waals surface area (Å²) in [7, 11) is 0. The van der Waals surface area contributed by atoms with Gasteiger partial charge in [0.05, 0.1) is 34.5 Å². The van der Waals surface area contributed by atoms with Crippen LogP contribution >= 0.6 is 0 Å². The zero-order valence-electron chi connectivity index (χ0n) is 13.4. The zero-order chi connectivity index (χ0) is 18.0. The fourth-order valence-electron chi connectivity index (χ4n) is 2.45. The van der Waals surface area contributed by atoms with Crippen LogP contribution < -0.4 is 14.8 Å². The molecule has 0 saturated carbocycles. The third-order valence-electron chi connectivity index (χ3n) is 3.73. The number of non-ortho nitro benzene ring substituents is 1. The molecule has 0 aliphatic carbocycles. The van der Waals surface area contributed by atoms with Gasteiger partial charge in [0.25, 0.3) is 5.69 Å². The van der Waals surface area contributed by atoms with Gasteiger partial charge in [-0.3, -0.25) is 10.1 Å². The SMILES string of the molecule is CCCCOc1ccc2c(c1)Oc1cc([N+](=O)[O-])cc(C(=O)O)c1N2. The molecule has 0 fully saturated rings. The fourth-order valence-corrected chi connectivity index (χ4v) is 2.45. The molecule has 0 saturated heterocycles. The Morgan fingerprint density at radius 3 is 2.80 bits per heavy atom. The highest BCUT2D eigenvalue weighted by atomic mass is 16.6. The van der Waals surface area contributed by atoms with Gasteiger partial charge in [-0.25, -0.2) is 4.79 Å². The average molecular weight is 344 g/mol. The second kappa shape index (κ2) is 6.68. The van der Waals surface area contributed by atoms with E-state index < -0.39 is 10.9 Å². The van der Waals surface area contributed by atoms with Crippen molar-refractivity contribution in [2.45, 2.75) is 19.8 Å². The van der Waals surface area contributed by atoms with E-state index in [0.717, 1.165) is 18.9 Å². The van der Waals surface area contributed by atoms with Gasteiger partial charge in [0.2, 0.25) is 0 Å². The van der Waals surface area contributed by atoms with Crippen LogP contribution in [0.1, 0.15) is 30.1 Å². The lowest BCUT2D eigenvalue weighted by Crippen LogP contribution is -2.10. The molecule has 8 nitrogen and oxygen atoms in total. The summed E-state index contributed by atoms with van der Waals surface area (Å²) < 4.78 is 11.3. The Labute approximate surface area is 143 Å². The molecule has 8 heteroatoms. The number of anilines is 2. The number of nitro benzene ring substituents is 1. The lowest BCUT2D eigenvalue weighted by molar-refractivity contribution is -0.384. The summed E-state index contributed by atoms with van der Waals surface area (Å²) in [4.78, 5) is 21.8. The molecular formula is C17H16N2O6. The maximum atomic E-state index is 11.4. The van der Waals surface area contributed by atoms with Crippen molar-refractivity contribution in [3.63, 3.8) is 0 Å². The third-order valence-corrected chi connectivity index (χ3v) is 3.73. The van der Waals surface area contributed by atoms with Crippen LogP contribution in [0, 0.1) is 10.1 Å². The first-order valence-corrected chi connectivity index (χ1v) is 7.77. The molecule has 0 atom stereocenters. The molecule has 0 unspecified atom stereocenters. The topological polar surface area (TPSA) is 111 Å². The monoisotopic (exact) mass is 344 g/mol. The number of nitrogens with one attached hydrogen (secondary N) is 1. The zero-order valence-corrected chi connectivity index (χ0v) is 13.4.